The van der Waals surface area contributed by atoms with Crippen molar-refractivity contribution in [3.05, 3.63) is 64.5 Å². The third-order valence-corrected chi connectivity index (χ3v) is 3.84. The molecule has 0 N–H and O–H groups in total. The Morgan fingerprint density at radius 3 is 2.15 bits per heavy atom. The molecule has 0 unspecified atom stereocenters. The molecule has 0 aliphatic carbocycles. The highest BCUT2D eigenvalue weighted by Gasteiger charge is 2.14. The topological polar surface area (TPSA) is 17.3 Å². The number of hydrogen-bond acceptors (Lipinski definition) is 1. The van der Waals surface area contributed by atoms with Crippen LogP contribution in [0.15, 0.2) is 47.5 Å². The summed E-state index contributed by atoms with van der Waals surface area (Å²) < 4.78 is 2.24. The Hall–Kier alpha value is -2.50. The Labute approximate surface area is 163 Å². The summed E-state index contributed by atoms with van der Waals surface area (Å²) in [6.45, 7) is 10.2. The molecule has 0 bridgehead atoms. The van der Waals surface area contributed by atoms with E-state index < -0.39 is 0 Å². The molecule has 0 atom stereocenters. The molecule has 0 aliphatic heterocycles. The fourth-order valence-electron chi connectivity index (χ4n) is 2.54. The minimum atomic E-state index is 0.741. The number of nitrogens with zero attached hydrogens (tertiary/aromatic N) is 2. The van der Waals surface area contributed by atoms with Gasteiger partial charge in [-0.15, -0.1) is 12.8 Å². The average Bonchev–Trinajstić information content (AvgIpc) is 3.00. The summed E-state index contributed by atoms with van der Waals surface area (Å²) in [5.41, 5.74) is 5.71. The number of hydrogen-bond donors (Lipinski definition) is 0. The molecule has 0 spiro atoms. The van der Waals surface area contributed by atoms with Gasteiger partial charge in [0.15, 0.2) is 0 Å². The molecule has 1 heterocycles. The number of terminal acetylenes is 1. The predicted molar refractivity (Wildman–Crippen MR) is 120 cm³/mol. The first-order valence-electron chi connectivity index (χ1n) is 8.65. The lowest BCUT2D eigenvalue weighted by Crippen LogP contribution is -2.02. The van der Waals surface area contributed by atoms with Crippen LogP contribution >= 0.6 is 11.6 Å². The van der Waals surface area contributed by atoms with Crippen molar-refractivity contribution in [2.45, 2.75) is 34.6 Å². The first-order valence-corrected chi connectivity index (χ1v) is 9.03. The molecular formula is C23H29ClN2. The lowest BCUT2D eigenvalue weighted by molar-refractivity contribution is 0.997. The van der Waals surface area contributed by atoms with E-state index in [4.69, 9.17) is 11.6 Å². The molecule has 0 saturated heterocycles. The van der Waals surface area contributed by atoms with Crippen molar-refractivity contribution in [1.82, 2.24) is 4.57 Å². The number of allylic oxidation sites excluding steroid dienone is 3. The summed E-state index contributed by atoms with van der Waals surface area (Å²) in [5.74, 6) is 0. The second-order valence-electron chi connectivity index (χ2n) is 5.01. The summed E-state index contributed by atoms with van der Waals surface area (Å²) in [4.78, 5) is 4.17. The molecular weight excluding hydrogens is 340 g/mol. The largest absolute Gasteiger partial charge is 0.313 e. The van der Waals surface area contributed by atoms with Crippen molar-refractivity contribution in [2.75, 3.05) is 7.05 Å². The molecule has 0 radical (unpaired) electrons. The van der Waals surface area contributed by atoms with E-state index in [1.54, 1.807) is 7.05 Å². The van der Waals surface area contributed by atoms with E-state index in [1.165, 1.54) is 11.3 Å². The molecule has 26 heavy (non-hydrogen) atoms. The first kappa shape index (κ1) is 23.5. The van der Waals surface area contributed by atoms with Crippen LogP contribution in [-0.4, -0.2) is 17.8 Å². The second-order valence-corrected chi connectivity index (χ2v) is 5.45. The van der Waals surface area contributed by atoms with Gasteiger partial charge in [0.1, 0.15) is 0 Å². The van der Waals surface area contributed by atoms with E-state index in [2.05, 4.69) is 53.6 Å². The molecule has 1 aromatic heterocycles. The molecule has 138 valence electrons. The van der Waals surface area contributed by atoms with E-state index in [0.29, 0.717) is 0 Å². The Morgan fingerprint density at radius 1 is 1.12 bits per heavy atom. The predicted octanol–water partition coefficient (Wildman–Crippen LogP) is 6.85. The van der Waals surface area contributed by atoms with Crippen molar-refractivity contribution >= 4 is 29.5 Å². The highest BCUT2D eigenvalue weighted by atomic mass is 35.5. The fourth-order valence-corrected chi connectivity index (χ4v) is 2.66. The molecule has 0 saturated carbocycles. The van der Waals surface area contributed by atoms with Gasteiger partial charge in [-0.3, -0.25) is 4.99 Å². The maximum absolute atomic E-state index is 6.02. The van der Waals surface area contributed by atoms with E-state index in [-0.39, 0.29) is 0 Å². The minimum Gasteiger partial charge on any atom is -0.313 e. The molecule has 0 aliphatic rings. The highest BCUT2D eigenvalue weighted by Crippen LogP contribution is 2.27. The lowest BCUT2D eigenvalue weighted by Gasteiger charge is -2.12. The fraction of sp³-hybridized carbons (Fsp3) is 0.261. The summed E-state index contributed by atoms with van der Waals surface area (Å²) in [6, 6.07) is 10.1. The quantitative estimate of drug-likeness (QED) is 0.414. The zero-order chi connectivity index (χ0) is 20.1. The average molecular weight is 369 g/mol. The van der Waals surface area contributed by atoms with Crippen LogP contribution in [0.1, 0.15) is 44.6 Å². The van der Waals surface area contributed by atoms with Crippen LogP contribution in [0.5, 0.6) is 0 Å². The van der Waals surface area contributed by atoms with Crippen molar-refractivity contribution in [3.63, 3.8) is 0 Å². The molecule has 2 aromatic rings. The van der Waals surface area contributed by atoms with Gasteiger partial charge in [0, 0.05) is 35.2 Å². The van der Waals surface area contributed by atoms with Crippen molar-refractivity contribution in [1.29, 1.82) is 0 Å². The Kier molecular flexibility index (Phi) is 11.6. The van der Waals surface area contributed by atoms with Gasteiger partial charge in [-0.2, -0.15) is 0 Å². The number of benzene rings is 1. The van der Waals surface area contributed by atoms with Gasteiger partial charge in [-0.1, -0.05) is 43.7 Å². The van der Waals surface area contributed by atoms with Crippen LogP contribution in [0, 0.1) is 19.8 Å². The summed E-state index contributed by atoms with van der Waals surface area (Å²) in [5, 5.41) is 0.741. The lowest BCUT2D eigenvalue weighted by atomic mass is 10.1. The zero-order valence-corrected chi connectivity index (χ0v) is 17.4. The Morgan fingerprint density at radius 2 is 1.69 bits per heavy atom. The van der Waals surface area contributed by atoms with Gasteiger partial charge in [-0.25, -0.2) is 0 Å². The van der Waals surface area contributed by atoms with Crippen LogP contribution in [0.25, 0.3) is 17.3 Å². The van der Waals surface area contributed by atoms with Gasteiger partial charge in [0.2, 0.25) is 0 Å². The number of aromatic nitrogens is 1. The maximum atomic E-state index is 6.02. The van der Waals surface area contributed by atoms with Crippen LogP contribution in [0.4, 0.5) is 0 Å². The second kappa shape index (κ2) is 12.8. The summed E-state index contributed by atoms with van der Waals surface area (Å²) >= 11 is 6.02. The van der Waals surface area contributed by atoms with Crippen LogP contribution < -0.4 is 0 Å². The van der Waals surface area contributed by atoms with E-state index >= 15 is 0 Å². The summed E-state index contributed by atoms with van der Waals surface area (Å²) in [6.07, 6.45) is 16.2. The number of aliphatic imine (C=N–C) groups is 1. The third kappa shape index (κ3) is 5.79. The highest BCUT2D eigenvalue weighted by molar-refractivity contribution is 6.30. The standard InChI is InChI=1S/C19H21ClN2.C2H6.C2H2/c1-5-7-16-12-19(15(6-2)13-21-4)22(14(16)3)18-10-8-17(20)9-11-18;2*1-2/h5-13H,1-4H3;1-2H3;1-2H/b7-5-,15-6+,21-13?;;. The normalized spacial score (nSPS) is 11.0. The molecule has 0 amide bonds. The zero-order valence-electron chi connectivity index (χ0n) is 16.6. The first-order chi connectivity index (χ1) is 12.6. The Balaban J connectivity index is 0.00000146. The van der Waals surface area contributed by atoms with Gasteiger partial charge >= 0.3 is 0 Å². The van der Waals surface area contributed by atoms with Crippen molar-refractivity contribution < 1.29 is 0 Å². The van der Waals surface area contributed by atoms with Gasteiger partial charge in [0.05, 0.1) is 5.69 Å². The van der Waals surface area contributed by atoms with Crippen molar-refractivity contribution in [3.8, 4) is 18.5 Å². The monoisotopic (exact) mass is 368 g/mol. The number of halogens is 1. The van der Waals surface area contributed by atoms with E-state index in [1.807, 2.05) is 58.2 Å². The third-order valence-electron chi connectivity index (χ3n) is 3.59. The molecule has 2 nitrogen and oxygen atoms in total. The van der Waals surface area contributed by atoms with E-state index in [9.17, 15) is 0 Å². The maximum Gasteiger partial charge on any atom is 0.0549 e. The van der Waals surface area contributed by atoms with Gasteiger partial charge < -0.3 is 4.57 Å². The summed E-state index contributed by atoms with van der Waals surface area (Å²) in [7, 11) is 1.79. The Bertz CT molecular complexity index is 773. The van der Waals surface area contributed by atoms with Crippen molar-refractivity contribution in [2.24, 2.45) is 4.99 Å². The smallest absolute Gasteiger partial charge is 0.0549 e. The van der Waals surface area contributed by atoms with Crippen LogP contribution in [0.3, 0.4) is 0 Å². The molecule has 0 fully saturated rings. The molecule has 1 aromatic carbocycles. The minimum absolute atomic E-state index is 0.741. The van der Waals surface area contributed by atoms with Crippen LogP contribution in [0.2, 0.25) is 5.02 Å². The van der Waals surface area contributed by atoms with Gasteiger partial charge in [-0.05, 0) is 56.7 Å². The SMILES string of the molecule is C#C.C/C=C\c1cc(/C(C=NC)=C/C)n(-c2ccc(Cl)cc2)c1C.CC. The van der Waals surface area contributed by atoms with E-state index in [0.717, 1.165) is 22.0 Å². The molecule has 3 heteroatoms. The van der Waals surface area contributed by atoms with Crippen LogP contribution in [-0.2, 0) is 0 Å². The number of rotatable bonds is 4. The van der Waals surface area contributed by atoms with Gasteiger partial charge in [0.25, 0.3) is 0 Å². The molecule has 2 rings (SSSR count).